The Morgan fingerprint density at radius 3 is 2.45 bits per heavy atom. The molecular formula is C23H27ClN4O. The fourth-order valence-corrected chi connectivity index (χ4v) is 3.96. The Labute approximate surface area is 176 Å². The summed E-state index contributed by atoms with van der Waals surface area (Å²) in [6, 6.07) is 16.4. The molecule has 152 valence electrons. The Bertz CT molecular complexity index is 988. The highest BCUT2D eigenvalue weighted by Crippen LogP contribution is 2.21. The molecular weight excluding hydrogens is 384 g/mol. The Hall–Kier alpha value is -2.34. The lowest BCUT2D eigenvalue weighted by atomic mass is 10.1. The van der Waals surface area contributed by atoms with Gasteiger partial charge in [-0.2, -0.15) is 0 Å². The fourth-order valence-electron chi connectivity index (χ4n) is 3.83. The predicted molar refractivity (Wildman–Crippen MR) is 118 cm³/mol. The number of fused-ring (bicyclic) bond motifs is 1. The molecule has 1 saturated heterocycles. The minimum atomic E-state index is -0.0460. The predicted octanol–water partition coefficient (Wildman–Crippen LogP) is 4.34. The minimum Gasteiger partial charge on any atom is -0.345 e. The maximum Gasteiger partial charge on any atom is 0.265 e. The quantitative estimate of drug-likeness (QED) is 0.680. The summed E-state index contributed by atoms with van der Waals surface area (Å²) in [5.74, 6) is -0.0460. The SMILES string of the molecule is CC(C)n1ccc2cc(C(=O)NN3CCN(Cc4ccc(Cl)cc4)CC3)ccc21. The second-order valence-electron chi connectivity index (χ2n) is 7.92. The van der Waals surface area contributed by atoms with Crippen molar-refractivity contribution in [3.63, 3.8) is 0 Å². The van der Waals surface area contributed by atoms with Gasteiger partial charge in [-0.1, -0.05) is 23.7 Å². The van der Waals surface area contributed by atoms with E-state index in [-0.39, 0.29) is 5.91 Å². The standard InChI is InChI=1S/C23H27ClN4O/c1-17(2)28-10-9-19-15-20(5-8-22(19)28)23(29)25-27-13-11-26(12-14-27)16-18-3-6-21(24)7-4-18/h3-10,15,17H,11-14,16H2,1-2H3,(H,25,29). The Kier molecular flexibility index (Phi) is 5.90. The van der Waals surface area contributed by atoms with Gasteiger partial charge in [0.25, 0.3) is 5.91 Å². The third-order valence-electron chi connectivity index (χ3n) is 5.49. The molecule has 1 aliphatic rings. The maximum absolute atomic E-state index is 12.7. The van der Waals surface area contributed by atoms with Crippen molar-refractivity contribution >= 4 is 28.4 Å². The van der Waals surface area contributed by atoms with Crippen molar-refractivity contribution in [2.75, 3.05) is 26.2 Å². The topological polar surface area (TPSA) is 40.5 Å². The van der Waals surface area contributed by atoms with Gasteiger partial charge < -0.3 is 4.57 Å². The fraction of sp³-hybridized carbons (Fsp3) is 0.348. The molecule has 0 bridgehead atoms. The molecule has 6 heteroatoms. The van der Waals surface area contributed by atoms with Gasteiger partial charge >= 0.3 is 0 Å². The largest absolute Gasteiger partial charge is 0.345 e. The Morgan fingerprint density at radius 2 is 1.76 bits per heavy atom. The molecule has 2 heterocycles. The smallest absolute Gasteiger partial charge is 0.265 e. The van der Waals surface area contributed by atoms with Gasteiger partial charge in [0.15, 0.2) is 0 Å². The molecule has 1 fully saturated rings. The van der Waals surface area contributed by atoms with Crippen molar-refractivity contribution in [1.82, 2.24) is 19.9 Å². The summed E-state index contributed by atoms with van der Waals surface area (Å²) < 4.78 is 2.22. The van der Waals surface area contributed by atoms with E-state index in [0.717, 1.165) is 48.6 Å². The van der Waals surface area contributed by atoms with E-state index in [2.05, 4.69) is 53.1 Å². The zero-order valence-electron chi connectivity index (χ0n) is 16.9. The maximum atomic E-state index is 12.7. The first-order valence-electron chi connectivity index (χ1n) is 10.1. The summed E-state index contributed by atoms with van der Waals surface area (Å²) >= 11 is 5.96. The Balaban J connectivity index is 1.32. The highest BCUT2D eigenvalue weighted by molar-refractivity contribution is 6.30. The van der Waals surface area contributed by atoms with Crippen molar-refractivity contribution in [3.05, 3.63) is 70.9 Å². The molecule has 0 atom stereocenters. The number of nitrogens with one attached hydrogen (secondary N) is 1. The number of rotatable bonds is 5. The molecule has 3 aromatic rings. The van der Waals surface area contributed by atoms with Gasteiger partial charge in [-0.25, -0.2) is 5.01 Å². The van der Waals surface area contributed by atoms with Gasteiger partial charge in [0.1, 0.15) is 0 Å². The van der Waals surface area contributed by atoms with Crippen molar-refractivity contribution in [2.45, 2.75) is 26.4 Å². The molecule has 1 aliphatic heterocycles. The molecule has 1 N–H and O–H groups in total. The average Bonchev–Trinajstić information content (AvgIpc) is 3.15. The number of nitrogens with zero attached hydrogens (tertiary/aromatic N) is 3. The number of carbonyl (C=O) groups excluding carboxylic acids is 1. The van der Waals surface area contributed by atoms with Crippen LogP contribution in [0.15, 0.2) is 54.7 Å². The zero-order chi connectivity index (χ0) is 20.4. The summed E-state index contributed by atoms with van der Waals surface area (Å²) in [7, 11) is 0. The van der Waals surface area contributed by atoms with Crippen LogP contribution in [-0.2, 0) is 6.54 Å². The van der Waals surface area contributed by atoms with E-state index in [1.54, 1.807) is 0 Å². The van der Waals surface area contributed by atoms with Gasteiger partial charge in [-0.3, -0.25) is 15.1 Å². The summed E-state index contributed by atoms with van der Waals surface area (Å²) in [5.41, 5.74) is 6.18. The number of hydrogen-bond donors (Lipinski definition) is 1. The van der Waals surface area contributed by atoms with E-state index in [9.17, 15) is 4.79 Å². The number of carbonyl (C=O) groups is 1. The van der Waals surface area contributed by atoms with Crippen LogP contribution < -0.4 is 5.43 Å². The minimum absolute atomic E-state index is 0.0460. The van der Waals surface area contributed by atoms with Gasteiger partial charge in [0.05, 0.1) is 0 Å². The van der Waals surface area contributed by atoms with Crippen molar-refractivity contribution < 1.29 is 4.79 Å². The molecule has 2 aromatic carbocycles. The van der Waals surface area contributed by atoms with Crippen LogP contribution in [-0.4, -0.2) is 46.6 Å². The molecule has 0 saturated carbocycles. The van der Waals surface area contributed by atoms with Crippen LogP contribution in [0.3, 0.4) is 0 Å². The molecule has 29 heavy (non-hydrogen) atoms. The third kappa shape index (κ3) is 4.64. The van der Waals surface area contributed by atoms with E-state index >= 15 is 0 Å². The first-order chi connectivity index (χ1) is 14.0. The lowest BCUT2D eigenvalue weighted by molar-refractivity contribution is 0.0605. The van der Waals surface area contributed by atoms with Gasteiger partial charge in [0.2, 0.25) is 0 Å². The summed E-state index contributed by atoms with van der Waals surface area (Å²) in [6.45, 7) is 8.68. The van der Waals surface area contributed by atoms with Gasteiger partial charge in [-0.05, 0) is 55.8 Å². The summed E-state index contributed by atoms with van der Waals surface area (Å²) in [4.78, 5) is 15.1. The monoisotopic (exact) mass is 410 g/mol. The van der Waals surface area contributed by atoms with Crippen LogP contribution >= 0.6 is 11.6 Å². The van der Waals surface area contributed by atoms with Gasteiger partial charge in [-0.15, -0.1) is 0 Å². The molecule has 1 amide bonds. The Morgan fingerprint density at radius 1 is 1.03 bits per heavy atom. The molecule has 0 unspecified atom stereocenters. The van der Waals surface area contributed by atoms with Crippen molar-refractivity contribution in [2.24, 2.45) is 0 Å². The van der Waals surface area contributed by atoms with Crippen LogP contribution in [0.25, 0.3) is 10.9 Å². The number of amides is 1. The third-order valence-corrected chi connectivity index (χ3v) is 5.74. The number of halogens is 1. The first kappa shape index (κ1) is 20.0. The van der Waals surface area contributed by atoms with Crippen molar-refractivity contribution in [1.29, 1.82) is 0 Å². The zero-order valence-corrected chi connectivity index (χ0v) is 17.7. The van der Waals surface area contributed by atoms with E-state index in [4.69, 9.17) is 11.6 Å². The van der Waals surface area contributed by atoms with Crippen molar-refractivity contribution in [3.8, 4) is 0 Å². The molecule has 0 spiro atoms. The van der Waals surface area contributed by atoms with Crippen LogP contribution in [0.5, 0.6) is 0 Å². The molecule has 0 radical (unpaired) electrons. The molecule has 1 aromatic heterocycles. The lowest BCUT2D eigenvalue weighted by Gasteiger charge is -2.34. The number of piperazine rings is 1. The molecule has 5 nitrogen and oxygen atoms in total. The van der Waals surface area contributed by atoms with E-state index in [1.807, 2.05) is 35.3 Å². The van der Waals surface area contributed by atoms with E-state index < -0.39 is 0 Å². The summed E-state index contributed by atoms with van der Waals surface area (Å²) in [6.07, 6.45) is 2.08. The van der Waals surface area contributed by atoms with Gasteiger partial charge in [0, 0.05) is 66.5 Å². The second-order valence-corrected chi connectivity index (χ2v) is 8.36. The van der Waals surface area contributed by atoms with E-state index in [1.165, 1.54) is 5.56 Å². The second kappa shape index (κ2) is 8.57. The summed E-state index contributed by atoms with van der Waals surface area (Å²) in [5, 5.41) is 3.88. The van der Waals surface area contributed by atoms with Crippen LogP contribution in [0.1, 0.15) is 35.8 Å². The van der Waals surface area contributed by atoms with Crippen LogP contribution in [0.2, 0.25) is 5.02 Å². The lowest BCUT2D eigenvalue weighted by Crippen LogP contribution is -2.53. The average molecular weight is 411 g/mol. The van der Waals surface area contributed by atoms with E-state index in [0.29, 0.717) is 11.6 Å². The number of hydrazine groups is 1. The number of aromatic nitrogens is 1. The molecule has 4 rings (SSSR count). The number of hydrogen-bond acceptors (Lipinski definition) is 3. The first-order valence-corrected chi connectivity index (χ1v) is 10.5. The highest BCUT2D eigenvalue weighted by atomic mass is 35.5. The number of benzene rings is 2. The highest BCUT2D eigenvalue weighted by Gasteiger charge is 2.19. The van der Waals surface area contributed by atoms with Crippen LogP contribution in [0.4, 0.5) is 0 Å². The molecule has 0 aliphatic carbocycles. The normalized spacial score (nSPS) is 15.9. The van der Waals surface area contributed by atoms with Crippen LogP contribution in [0, 0.1) is 0 Å².